The summed E-state index contributed by atoms with van der Waals surface area (Å²) in [5.41, 5.74) is 1.13. The third kappa shape index (κ3) is 1.48. The van der Waals surface area contributed by atoms with Crippen molar-refractivity contribution < 1.29 is 4.39 Å². The van der Waals surface area contributed by atoms with E-state index in [-0.39, 0.29) is 5.82 Å². The molecular weight excluding hydrogens is 153 g/mol. The van der Waals surface area contributed by atoms with Crippen LogP contribution in [0.15, 0.2) is 24.3 Å². The first-order valence-corrected chi connectivity index (χ1v) is 4.32. The van der Waals surface area contributed by atoms with Crippen LogP contribution in [0.1, 0.15) is 17.9 Å². The average molecular weight is 165 g/mol. The first kappa shape index (κ1) is 7.74. The zero-order chi connectivity index (χ0) is 8.39. The van der Waals surface area contributed by atoms with Crippen LogP contribution in [0.5, 0.6) is 0 Å². The van der Waals surface area contributed by atoms with E-state index < -0.39 is 0 Å². The van der Waals surface area contributed by atoms with Gasteiger partial charge in [0.05, 0.1) is 0 Å². The summed E-state index contributed by atoms with van der Waals surface area (Å²) >= 11 is 0. The number of hydrogen-bond donors (Lipinski definition) is 1. The summed E-state index contributed by atoms with van der Waals surface area (Å²) in [5.74, 6) is 0.389. The average Bonchev–Trinajstić information content (AvgIpc) is 2.56. The molecule has 2 heteroatoms. The van der Waals surface area contributed by atoms with Gasteiger partial charge in [-0.15, -0.1) is 0 Å². The predicted molar refractivity (Wildman–Crippen MR) is 46.6 cm³/mol. The molecule has 1 aliphatic heterocycles. The first-order chi connectivity index (χ1) is 5.86. The first-order valence-electron chi connectivity index (χ1n) is 4.32. The molecule has 1 N–H and O–H groups in total. The number of benzene rings is 1. The molecule has 2 rings (SSSR count). The summed E-state index contributed by atoms with van der Waals surface area (Å²) in [6.07, 6.45) is 1.13. The van der Waals surface area contributed by atoms with Crippen LogP contribution in [0.2, 0.25) is 0 Å². The molecule has 0 spiro atoms. The van der Waals surface area contributed by atoms with E-state index in [2.05, 4.69) is 5.32 Å². The van der Waals surface area contributed by atoms with Gasteiger partial charge in [0, 0.05) is 6.54 Å². The summed E-state index contributed by atoms with van der Waals surface area (Å²) in [4.78, 5) is 0. The van der Waals surface area contributed by atoms with Gasteiger partial charge in [0.2, 0.25) is 0 Å². The summed E-state index contributed by atoms with van der Waals surface area (Å²) in [5, 5.41) is 3.27. The number of nitrogens with one attached hydrogen (secondary N) is 1. The Morgan fingerprint density at radius 3 is 3.00 bits per heavy atom. The summed E-state index contributed by atoms with van der Waals surface area (Å²) in [7, 11) is 0. The Balaban J connectivity index is 2.21. The maximum absolute atomic E-state index is 12.8. The second-order valence-corrected chi connectivity index (χ2v) is 3.24. The number of rotatable bonds is 1. The molecule has 1 heterocycles. The Morgan fingerprint density at radius 2 is 2.33 bits per heavy atom. The maximum Gasteiger partial charge on any atom is 0.123 e. The SMILES string of the molecule is Fc1cccc([C@@H]2CCNC2)c1. The minimum atomic E-state index is -0.126. The van der Waals surface area contributed by atoms with Crippen molar-refractivity contribution in [3.63, 3.8) is 0 Å². The molecule has 0 aromatic heterocycles. The molecule has 0 saturated carbocycles. The van der Waals surface area contributed by atoms with E-state index in [0.29, 0.717) is 5.92 Å². The van der Waals surface area contributed by atoms with Crippen LogP contribution in [0, 0.1) is 5.82 Å². The molecule has 1 aromatic carbocycles. The van der Waals surface area contributed by atoms with Crippen LogP contribution in [0.3, 0.4) is 0 Å². The molecule has 1 saturated heterocycles. The lowest BCUT2D eigenvalue weighted by molar-refractivity contribution is 0.621. The largest absolute Gasteiger partial charge is 0.316 e. The van der Waals surface area contributed by atoms with Crippen LogP contribution in [-0.4, -0.2) is 13.1 Å². The van der Waals surface area contributed by atoms with Crippen LogP contribution in [-0.2, 0) is 0 Å². The van der Waals surface area contributed by atoms with Crippen molar-refractivity contribution in [1.29, 1.82) is 0 Å². The lowest BCUT2D eigenvalue weighted by atomic mass is 9.99. The zero-order valence-electron chi connectivity index (χ0n) is 6.89. The third-order valence-corrected chi connectivity index (χ3v) is 2.38. The van der Waals surface area contributed by atoms with Gasteiger partial charge in [-0.3, -0.25) is 0 Å². The normalized spacial score (nSPS) is 22.9. The van der Waals surface area contributed by atoms with E-state index in [0.717, 1.165) is 25.1 Å². The molecule has 1 nitrogen and oxygen atoms in total. The molecule has 0 unspecified atom stereocenters. The molecule has 0 radical (unpaired) electrons. The number of hydrogen-bond acceptors (Lipinski definition) is 1. The van der Waals surface area contributed by atoms with Gasteiger partial charge in [-0.25, -0.2) is 4.39 Å². The molecule has 1 atom stereocenters. The Morgan fingerprint density at radius 1 is 1.42 bits per heavy atom. The lowest BCUT2D eigenvalue weighted by Gasteiger charge is -2.07. The van der Waals surface area contributed by atoms with Gasteiger partial charge >= 0.3 is 0 Å². The Kier molecular flexibility index (Phi) is 2.09. The topological polar surface area (TPSA) is 12.0 Å². The second kappa shape index (κ2) is 3.23. The van der Waals surface area contributed by atoms with Gasteiger partial charge in [0.1, 0.15) is 5.82 Å². The van der Waals surface area contributed by atoms with Crippen molar-refractivity contribution >= 4 is 0 Å². The van der Waals surface area contributed by atoms with E-state index in [1.54, 1.807) is 12.1 Å². The fourth-order valence-corrected chi connectivity index (χ4v) is 1.70. The fourth-order valence-electron chi connectivity index (χ4n) is 1.70. The highest BCUT2D eigenvalue weighted by molar-refractivity contribution is 5.21. The van der Waals surface area contributed by atoms with Crippen LogP contribution >= 0.6 is 0 Å². The standard InChI is InChI=1S/C10H12FN/c11-10-3-1-2-8(6-10)9-4-5-12-7-9/h1-3,6,9,12H,4-5,7H2/t9-/m1/s1. The fraction of sp³-hybridized carbons (Fsp3) is 0.400. The summed E-state index contributed by atoms with van der Waals surface area (Å²) in [6.45, 7) is 2.05. The van der Waals surface area contributed by atoms with E-state index in [1.807, 2.05) is 6.07 Å². The molecule has 64 valence electrons. The van der Waals surface area contributed by atoms with Crippen molar-refractivity contribution in [3.8, 4) is 0 Å². The maximum atomic E-state index is 12.8. The van der Waals surface area contributed by atoms with Crippen molar-refractivity contribution in [2.45, 2.75) is 12.3 Å². The summed E-state index contributed by atoms with van der Waals surface area (Å²) in [6, 6.07) is 6.91. The predicted octanol–water partition coefficient (Wildman–Crippen LogP) is 1.90. The van der Waals surface area contributed by atoms with Crippen LogP contribution in [0.4, 0.5) is 4.39 Å². The molecule has 0 amide bonds. The Hall–Kier alpha value is -0.890. The highest BCUT2D eigenvalue weighted by Crippen LogP contribution is 2.22. The van der Waals surface area contributed by atoms with Crippen molar-refractivity contribution in [1.82, 2.24) is 5.32 Å². The van der Waals surface area contributed by atoms with E-state index in [1.165, 1.54) is 6.07 Å². The molecule has 0 aliphatic carbocycles. The molecule has 1 aromatic rings. The minimum Gasteiger partial charge on any atom is -0.316 e. The molecule has 0 bridgehead atoms. The van der Waals surface area contributed by atoms with Gasteiger partial charge in [-0.05, 0) is 36.6 Å². The highest BCUT2D eigenvalue weighted by Gasteiger charge is 2.16. The van der Waals surface area contributed by atoms with Crippen LogP contribution < -0.4 is 5.32 Å². The van der Waals surface area contributed by atoms with Gasteiger partial charge in [-0.1, -0.05) is 12.1 Å². The molecule has 12 heavy (non-hydrogen) atoms. The van der Waals surface area contributed by atoms with Gasteiger partial charge in [0.15, 0.2) is 0 Å². The second-order valence-electron chi connectivity index (χ2n) is 3.24. The highest BCUT2D eigenvalue weighted by atomic mass is 19.1. The van der Waals surface area contributed by atoms with E-state index in [9.17, 15) is 4.39 Å². The van der Waals surface area contributed by atoms with Gasteiger partial charge in [0.25, 0.3) is 0 Å². The molecular formula is C10H12FN. The summed E-state index contributed by atoms with van der Waals surface area (Å²) < 4.78 is 12.8. The number of halogens is 1. The van der Waals surface area contributed by atoms with Crippen molar-refractivity contribution in [2.75, 3.05) is 13.1 Å². The third-order valence-electron chi connectivity index (χ3n) is 2.38. The van der Waals surface area contributed by atoms with E-state index in [4.69, 9.17) is 0 Å². The lowest BCUT2D eigenvalue weighted by Crippen LogP contribution is -2.07. The van der Waals surface area contributed by atoms with Crippen LogP contribution in [0.25, 0.3) is 0 Å². The Labute approximate surface area is 71.6 Å². The van der Waals surface area contributed by atoms with E-state index >= 15 is 0 Å². The zero-order valence-corrected chi connectivity index (χ0v) is 6.89. The minimum absolute atomic E-state index is 0.126. The Bertz CT molecular complexity index is 266. The smallest absolute Gasteiger partial charge is 0.123 e. The monoisotopic (exact) mass is 165 g/mol. The molecule has 1 aliphatic rings. The van der Waals surface area contributed by atoms with Crippen molar-refractivity contribution in [3.05, 3.63) is 35.6 Å². The van der Waals surface area contributed by atoms with Gasteiger partial charge < -0.3 is 5.32 Å². The molecule has 1 fully saturated rings. The van der Waals surface area contributed by atoms with Crippen molar-refractivity contribution in [2.24, 2.45) is 0 Å². The quantitative estimate of drug-likeness (QED) is 0.670. The van der Waals surface area contributed by atoms with Gasteiger partial charge in [-0.2, -0.15) is 0 Å².